The Morgan fingerprint density at radius 1 is 1.43 bits per heavy atom. The van der Waals surface area contributed by atoms with Gasteiger partial charge in [0.1, 0.15) is 5.02 Å². The van der Waals surface area contributed by atoms with Crippen LogP contribution in [0.1, 0.15) is 5.56 Å². The maximum absolute atomic E-state index is 11.0. The average Bonchev–Trinajstić information content (AvgIpc) is 2.42. The number of nitrogens with two attached hydrogens (primary N) is 1. The Morgan fingerprint density at radius 3 is 2.86 bits per heavy atom. The SMILES string of the molecule is CSc1ccc(CC(N)=O)cc1Nc1nc(Cl)ncc1Cl. The van der Waals surface area contributed by atoms with Gasteiger partial charge in [0.2, 0.25) is 11.2 Å². The smallest absolute Gasteiger partial charge is 0.224 e. The first-order chi connectivity index (χ1) is 9.99. The minimum absolute atomic E-state index is 0.0980. The molecule has 8 heteroatoms. The molecule has 2 aromatic rings. The van der Waals surface area contributed by atoms with E-state index in [0.717, 1.165) is 16.1 Å². The number of nitrogens with one attached hydrogen (secondary N) is 1. The summed E-state index contributed by atoms with van der Waals surface area (Å²) in [7, 11) is 0. The summed E-state index contributed by atoms with van der Waals surface area (Å²) in [5.74, 6) is 0.0177. The number of primary amides is 1. The Balaban J connectivity index is 2.36. The number of hydrogen-bond acceptors (Lipinski definition) is 5. The first kappa shape index (κ1) is 15.9. The normalized spacial score (nSPS) is 10.4. The van der Waals surface area contributed by atoms with Gasteiger partial charge in [-0.05, 0) is 35.6 Å². The van der Waals surface area contributed by atoms with E-state index in [9.17, 15) is 4.79 Å². The maximum Gasteiger partial charge on any atom is 0.224 e. The highest BCUT2D eigenvalue weighted by Gasteiger charge is 2.09. The molecule has 110 valence electrons. The molecule has 0 fully saturated rings. The van der Waals surface area contributed by atoms with E-state index in [1.807, 2.05) is 24.5 Å². The maximum atomic E-state index is 11.0. The van der Waals surface area contributed by atoms with E-state index in [1.54, 1.807) is 11.8 Å². The second-order valence-electron chi connectivity index (χ2n) is 4.14. The molecule has 0 spiro atoms. The van der Waals surface area contributed by atoms with Crippen LogP contribution < -0.4 is 11.1 Å². The molecule has 2 rings (SSSR count). The molecule has 0 atom stereocenters. The van der Waals surface area contributed by atoms with Crippen molar-refractivity contribution < 1.29 is 4.79 Å². The van der Waals surface area contributed by atoms with Crippen LogP contribution in [0.5, 0.6) is 0 Å². The zero-order valence-electron chi connectivity index (χ0n) is 11.1. The van der Waals surface area contributed by atoms with Gasteiger partial charge in [-0.15, -0.1) is 11.8 Å². The van der Waals surface area contributed by atoms with E-state index >= 15 is 0 Å². The largest absolute Gasteiger partial charge is 0.369 e. The zero-order chi connectivity index (χ0) is 15.4. The van der Waals surface area contributed by atoms with Crippen molar-refractivity contribution in [2.45, 2.75) is 11.3 Å². The number of carbonyl (C=O) groups is 1. The van der Waals surface area contributed by atoms with Crippen molar-refractivity contribution in [3.05, 3.63) is 40.3 Å². The average molecular weight is 343 g/mol. The number of amides is 1. The number of thioether (sulfide) groups is 1. The van der Waals surface area contributed by atoms with Crippen molar-refractivity contribution in [3.63, 3.8) is 0 Å². The van der Waals surface area contributed by atoms with Crippen LogP contribution in [0.4, 0.5) is 11.5 Å². The minimum Gasteiger partial charge on any atom is -0.369 e. The quantitative estimate of drug-likeness (QED) is 0.643. The van der Waals surface area contributed by atoms with Crippen LogP contribution in [0.25, 0.3) is 0 Å². The summed E-state index contributed by atoms with van der Waals surface area (Å²) in [6.45, 7) is 0. The van der Waals surface area contributed by atoms with Gasteiger partial charge in [-0.3, -0.25) is 4.79 Å². The molecule has 0 radical (unpaired) electrons. The second kappa shape index (κ2) is 6.98. The van der Waals surface area contributed by atoms with Crippen molar-refractivity contribution in [1.29, 1.82) is 0 Å². The molecule has 0 unspecified atom stereocenters. The molecule has 0 aliphatic rings. The third kappa shape index (κ3) is 4.23. The molecule has 5 nitrogen and oxygen atoms in total. The number of halogens is 2. The molecule has 0 bridgehead atoms. The summed E-state index contributed by atoms with van der Waals surface area (Å²) < 4.78 is 0. The Morgan fingerprint density at radius 2 is 2.19 bits per heavy atom. The third-order valence-corrected chi connectivity index (χ3v) is 3.86. The van der Waals surface area contributed by atoms with Crippen LogP contribution in [0.15, 0.2) is 29.3 Å². The lowest BCUT2D eigenvalue weighted by Crippen LogP contribution is -2.13. The van der Waals surface area contributed by atoms with Crippen LogP contribution in [0.3, 0.4) is 0 Å². The summed E-state index contributed by atoms with van der Waals surface area (Å²) in [5.41, 5.74) is 6.80. The Hall–Kier alpha value is -1.50. The zero-order valence-corrected chi connectivity index (χ0v) is 13.4. The van der Waals surface area contributed by atoms with E-state index in [4.69, 9.17) is 28.9 Å². The van der Waals surface area contributed by atoms with Crippen LogP contribution in [0.2, 0.25) is 10.3 Å². The molecule has 0 aliphatic heterocycles. The Labute approximate surface area is 136 Å². The summed E-state index contributed by atoms with van der Waals surface area (Å²) in [6.07, 6.45) is 3.54. The molecule has 0 saturated heterocycles. The number of rotatable bonds is 5. The molecular weight excluding hydrogens is 331 g/mol. The van der Waals surface area contributed by atoms with Gasteiger partial charge in [-0.25, -0.2) is 4.98 Å². The van der Waals surface area contributed by atoms with E-state index in [0.29, 0.717) is 10.8 Å². The van der Waals surface area contributed by atoms with Crippen LogP contribution in [-0.4, -0.2) is 22.1 Å². The van der Waals surface area contributed by atoms with E-state index < -0.39 is 0 Å². The van der Waals surface area contributed by atoms with Gasteiger partial charge in [0.25, 0.3) is 0 Å². The van der Waals surface area contributed by atoms with Gasteiger partial charge < -0.3 is 11.1 Å². The van der Waals surface area contributed by atoms with Crippen LogP contribution in [0, 0.1) is 0 Å². The fourth-order valence-electron chi connectivity index (χ4n) is 1.72. The van der Waals surface area contributed by atoms with E-state index in [-0.39, 0.29) is 17.6 Å². The lowest BCUT2D eigenvalue weighted by Gasteiger charge is -2.12. The number of aromatic nitrogens is 2. The van der Waals surface area contributed by atoms with E-state index in [2.05, 4.69) is 15.3 Å². The number of carbonyl (C=O) groups excluding carboxylic acids is 1. The van der Waals surface area contributed by atoms with Gasteiger partial charge in [0, 0.05) is 4.90 Å². The summed E-state index contributed by atoms with van der Waals surface area (Å²) in [5, 5.41) is 3.56. The third-order valence-electron chi connectivity index (χ3n) is 2.61. The van der Waals surface area contributed by atoms with Crippen molar-refractivity contribution in [3.8, 4) is 0 Å². The van der Waals surface area contributed by atoms with Gasteiger partial charge >= 0.3 is 0 Å². The monoisotopic (exact) mass is 342 g/mol. The van der Waals surface area contributed by atoms with Crippen molar-refractivity contribution in [2.75, 3.05) is 11.6 Å². The topological polar surface area (TPSA) is 80.9 Å². The Kier molecular flexibility index (Phi) is 5.27. The summed E-state index contributed by atoms with van der Waals surface area (Å²) >= 11 is 13.4. The lowest BCUT2D eigenvalue weighted by molar-refractivity contribution is -0.117. The van der Waals surface area contributed by atoms with Crippen molar-refractivity contribution >= 4 is 52.4 Å². The van der Waals surface area contributed by atoms with Gasteiger partial charge in [0.05, 0.1) is 18.3 Å². The molecule has 21 heavy (non-hydrogen) atoms. The highest BCUT2D eigenvalue weighted by atomic mass is 35.5. The fourth-order valence-corrected chi connectivity index (χ4v) is 2.53. The Bertz CT molecular complexity index is 681. The van der Waals surface area contributed by atoms with Gasteiger partial charge in [0.15, 0.2) is 5.82 Å². The highest BCUT2D eigenvalue weighted by Crippen LogP contribution is 2.31. The summed E-state index contributed by atoms with van der Waals surface area (Å²) in [4.78, 5) is 19.9. The van der Waals surface area contributed by atoms with Crippen LogP contribution >= 0.6 is 35.0 Å². The first-order valence-electron chi connectivity index (χ1n) is 5.90. The molecular formula is C13H12Cl2N4OS. The number of benzene rings is 1. The summed E-state index contributed by atoms with van der Waals surface area (Å²) in [6, 6.07) is 5.60. The first-order valence-corrected chi connectivity index (χ1v) is 7.88. The molecule has 3 N–H and O–H groups in total. The van der Waals surface area contributed by atoms with Crippen LogP contribution in [-0.2, 0) is 11.2 Å². The predicted molar refractivity (Wildman–Crippen MR) is 86.5 cm³/mol. The molecule has 0 aliphatic carbocycles. The van der Waals surface area contributed by atoms with Crippen molar-refractivity contribution in [1.82, 2.24) is 9.97 Å². The van der Waals surface area contributed by atoms with Gasteiger partial charge in [-0.2, -0.15) is 4.98 Å². The fraction of sp³-hybridized carbons (Fsp3) is 0.154. The molecule has 1 aromatic heterocycles. The number of hydrogen-bond donors (Lipinski definition) is 2. The number of nitrogens with zero attached hydrogens (tertiary/aromatic N) is 2. The highest BCUT2D eigenvalue weighted by molar-refractivity contribution is 7.98. The standard InChI is InChI=1S/C13H12Cl2N4OS/c1-21-10-3-2-7(5-11(16)20)4-9(10)18-12-8(14)6-17-13(15)19-12/h2-4,6H,5H2,1H3,(H2,16,20)(H,17,18,19). The molecule has 0 saturated carbocycles. The second-order valence-corrected chi connectivity index (χ2v) is 5.73. The number of anilines is 2. The molecule has 1 aromatic carbocycles. The van der Waals surface area contributed by atoms with Crippen molar-refractivity contribution in [2.24, 2.45) is 5.73 Å². The minimum atomic E-state index is -0.388. The molecule has 1 heterocycles. The molecule has 1 amide bonds. The van der Waals surface area contributed by atoms with Gasteiger partial charge in [-0.1, -0.05) is 17.7 Å². The van der Waals surface area contributed by atoms with E-state index in [1.165, 1.54) is 6.20 Å². The predicted octanol–water partition coefficient (Wildman–Crippen LogP) is 3.28. The lowest BCUT2D eigenvalue weighted by atomic mass is 10.1.